The number of nitrogens with one attached hydrogen (secondary N) is 1. The van der Waals surface area contributed by atoms with E-state index in [1.165, 1.54) is 0 Å². The van der Waals surface area contributed by atoms with Gasteiger partial charge in [-0.1, -0.05) is 18.2 Å². The number of amides is 1. The average molecular weight is 277 g/mol. The van der Waals surface area contributed by atoms with Crippen LogP contribution in [0.1, 0.15) is 18.0 Å². The maximum absolute atomic E-state index is 12.6. The minimum atomic E-state index is -0.224. The van der Waals surface area contributed by atoms with Crippen molar-refractivity contribution in [3.8, 4) is 0 Å². The number of aromatic amines is 1. The lowest BCUT2D eigenvalue weighted by Gasteiger charge is -2.23. The standard InChI is InChI=1S/C15H17ClN2O/c1-18(12-6-3-2-4-7-12)15(19)13(9-10-16)14-8-5-11-17-14/h2-8,11,13,17H,9-10H2,1H3. The quantitative estimate of drug-likeness (QED) is 0.835. The van der Waals surface area contributed by atoms with E-state index >= 15 is 0 Å². The molecule has 1 aromatic heterocycles. The minimum absolute atomic E-state index is 0.0503. The van der Waals surface area contributed by atoms with Gasteiger partial charge in [-0.3, -0.25) is 4.79 Å². The Morgan fingerprint density at radius 1 is 1.26 bits per heavy atom. The second-order valence-electron chi connectivity index (χ2n) is 4.39. The number of carbonyl (C=O) groups is 1. The molecule has 2 aromatic rings. The maximum Gasteiger partial charge on any atom is 0.235 e. The first-order chi connectivity index (χ1) is 9.24. The molecule has 0 aliphatic heterocycles. The van der Waals surface area contributed by atoms with Crippen LogP contribution in [-0.2, 0) is 4.79 Å². The lowest BCUT2D eigenvalue weighted by Crippen LogP contribution is -2.32. The van der Waals surface area contributed by atoms with Gasteiger partial charge in [-0.25, -0.2) is 0 Å². The predicted molar refractivity (Wildman–Crippen MR) is 78.7 cm³/mol. The normalized spacial score (nSPS) is 12.1. The van der Waals surface area contributed by atoms with Crippen LogP contribution in [0, 0.1) is 0 Å². The first-order valence-electron chi connectivity index (χ1n) is 6.26. The average Bonchev–Trinajstić information content (AvgIpc) is 2.98. The molecule has 0 spiro atoms. The number of para-hydroxylation sites is 1. The van der Waals surface area contributed by atoms with Crippen LogP contribution >= 0.6 is 11.6 Å². The Labute approximate surface area is 118 Å². The second kappa shape index (κ2) is 6.43. The monoisotopic (exact) mass is 276 g/mol. The van der Waals surface area contributed by atoms with E-state index in [9.17, 15) is 4.79 Å². The molecule has 3 nitrogen and oxygen atoms in total. The van der Waals surface area contributed by atoms with Gasteiger partial charge in [0.2, 0.25) is 5.91 Å². The molecule has 1 aromatic carbocycles. The Kier molecular flexibility index (Phi) is 4.63. The number of aromatic nitrogens is 1. The van der Waals surface area contributed by atoms with E-state index in [1.807, 2.05) is 48.7 Å². The highest BCUT2D eigenvalue weighted by Crippen LogP contribution is 2.24. The van der Waals surface area contributed by atoms with E-state index in [1.54, 1.807) is 11.9 Å². The molecule has 1 N–H and O–H groups in total. The lowest BCUT2D eigenvalue weighted by molar-refractivity contribution is -0.119. The molecular weight excluding hydrogens is 260 g/mol. The zero-order valence-corrected chi connectivity index (χ0v) is 11.6. The molecule has 19 heavy (non-hydrogen) atoms. The van der Waals surface area contributed by atoms with Crippen LogP contribution in [0.5, 0.6) is 0 Å². The summed E-state index contributed by atoms with van der Waals surface area (Å²) in [5.41, 5.74) is 1.80. The third kappa shape index (κ3) is 3.18. The van der Waals surface area contributed by atoms with Crippen molar-refractivity contribution < 1.29 is 4.79 Å². The molecule has 1 unspecified atom stereocenters. The topological polar surface area (TPSA) is 36.1 Å². The molecular formula is C15H17ClN2O. The molecule has 0 radical (unpaired) electrons. The van der Waals surface area contributed by atoms with Gasteiger partial charge in [0.1, 0.15) is 0 Å². The van der Waals surface area contributed by atoms with E-state index in [2.05, 4.69) is 4.98 Å². The number of alkyl halides is 1. The third-order valence-electron chi connectivity index (χ3n) is 3.17. The molecule has 100 valence electrons. The Morgan fingerprint density at radius 3 is 2.58 bits per heavy atom. The van der Waals surface area contributed by atoms with Crippen LogP contribution in [-0.4, -0.2) is 23.8 Å². The summed E-state index contributed by atoms with van der Waals surface area (Å²) in [4.78, 5) is 17.4. The summed E-state index contributed by atoms with van der Waals surface area (Å²) in [5.74, 6) is 0.282. The van der Waals surface area contributed by atoms with Crippen LogP contribution in [0.15, 0.2) is 48.7 Å². The number of benzene rings is 1. The van der Waals surface area contributed by atoms with Crippen molar-refractivity contribution in [1.29, 1.82) is 0 Å². The van der Waals surface area contributed by atoms with Crippen molar-refractivity contribution in [3.63, 3.8) is 0 Å². The number of halogens is 1. The third-order valence-corrected chi connectivity index (χ3v) is 3.39. The summed E-state index contributed by atoms with van der Waals surface area (Å²) in [6.07, 6.45) is 2.45. The number of hydrogen-bond acceptors (Lipinski definition) is 1. The van der Waals surface area contributed by atoms with Crippen molar-refractivity contribution >= 4 is 23.2 Å². The first-order valence-corrected chi connectivity index (χ1v) is 6.79. The van der Waals surface area contributed by atoms with Gasteiger partial charge in [-0.2, -0.15) is 0 Å². The summed E-state index contributed by atoms with van der Waals surface area (Å²) in [5, 5.41) is 0. The van der Waals surface area contributed by atoms with Crippen LogP contribution in [0.2, 0.25) is 0 Å². The van der Waals surface area contributed by atoms with Gasteiger partial charge in [-0.15, -0.1) is 11.6 Å². The molecule has 0 aliphatic rings. The number of likely N-dealkylation sites (N-methyl/N-ethyl adjacent to an activating group) is 1. The molecule has 4 heteroatoms. The van der Waals surface area contributed by atoms with Gasteiger partial charge in [0.05, 0.1) is 5.92 Å². The largest absolute Gasteiger partial charge is 0.364 e. The Hall–Kier alpha value is -1.74. The van der Waals surface area contributed by atoms with E-state index < -0.39 is 0 Å². The number of carbonyl (C=O) groups excluding carboxylic acids is 1. The molecule has 0 fully saturated rings. The van der Waals surface area contributed by atoms with Crippen molar-refractivity contribution in [2.75, 3.05) is 17.8 Å². The number of hydrogen-bond donors (Lipinski definition) is 1. The lowest BCUT2D eigenvalue weighted by atomic mass is 10.0. The van der Waals surface area contributed by atoms with Crippen molar-refractivity contribution in [1.82, 2.24) is 4.98 Å². The fourth-order valence-electron chi connectivity index (χ4n) is 2.09. The van der Waals surface area contributed by atoms with Gasteiger partial charge in [0.25, 0.3) is 0 Å². The maximum atomic E-state index is 12.6. The fourth-order valence-corrected chi connectivity index (χ4v) is 2.31. The molecule has 0 saturated carbocycles. The molecule has 0 aliphatic carbocycles. The van der Waals surface area contributed by atoms with Gasteiger partial charge in [-0.05, 0) is 30.7 Å². The molecule has 1 heterocycles. The zero-order chi connectivity index (χ0) is 13.7. The van der Waals surface area contributed by atoms with Crippen molar-refractivity contribution in [3.05, 3.63) is 54.4 Å². The number of rotatable bonds is 5. The summed E-state index contributed by atoms with van der Waals surface area (Å²) in [6, 6.07) is 13.4. The van der Waals surface area contributed by atoms with Crippen molar-refractivity contribution in [2.45, 2.75) is 12.3 Å². The van der Waals surface area contributed by atoms with Gasteiger partial charge >= 0.3 is 0 Å². The van der Waals surface area contributed by atoms with Gasteiger partial charge in [0, 0.05) is 30.5 Å². The van der Waals surface area contributed by atoms with Crippen LogP contribution in [0.25, 0.3) is 0 Å². The predicted octanol–water partition coefficient (Wildman–Crippen LogP) is 3.39. The van der Waals surface area contributed by atoms with Crippen LogP contribution < -0.4 is 4.90 Å². The van der Waals surface area contributed by atoms with Gasteiger partial charge in [0.15, 0.2) is 0 Å². The number of H-pyrrole nitrogens is 1. The summed E-state index contributed by atoms with van der Waals surface area (Å²) in [7, 11) is 1.79. The number of nitrogens with zero attached hydrogens (tertiary/aromatic N) is 1. The Balaban J connectivity index is 2.20. The summed E-state index contributed by atoms with van der Waals surface area (Å²) >= 11 is 5.82. The van der Waals surface area contributed by atoms with E-state index in [4.69, 9.17) is 11.6 Å². The highest BCUT2D eigenvalue weighted by Gasteiger charge is 2.24. The molecule has 1 atom stereocenters. The second-order valence-corrected chi connectivity index (χ2v) is 4.77. The highest BCUT2D eigenvalue weighted by molar-refractivity contribution is 6.18. The summed E-state index contributed by atoms with van der Waals surface area (Å²) in [6.45, 7) is 0. The molecule has 0 saturated heterocycles. The van der Waals surface area contributed by atoms with Crippen molar-refractivity contribution in [2.24, 2.45) is 0 Å². The Bertz CT molecular complexity index is 510. The van der Waals surface area contributed by atoms with E-state index in [0.717, 1.165) is 11.4 Å². The molecule has 1 amide bonds. The molecule has 0 bridgehead atoms. The molecule has 2 rings (SSSR count). The van der Waals surface area contributed by atoms with E-state index in [0.29, 0.717) is 12.3 Å². The SMILES string of the molecule is CN(C(=O)C(CCCl)c1ccc[nH]1)c1ccccc1. The zero-order valence-electron chi connectivity index (χ0n) is 10.8. The van der Waals surface area contributed by atoms with E-state index in [-0.39, 0.29) is 11.8 Å². The Morgan fingerprint density at radius 2 is 2.00 bits per heavy atom. The smallest absolute Gasteiger partial charge is 0.235 e. The van der Waals surface area contributed by atoms with Crippen LogP contribution in [0.4, 0.5) is 5.69 Å². The number of anilines is 1. The minimum Gasteiger partial charge on any atom is -0.364 e. The first kappa shape index (κ1) is 13.7. The van der Waals surface area contributed by atoms with Gasteiger partial charge < -0.3 is 9.88 Å². The summed E-state index contributed by atoms with van der Waals surface area (Å²) < 4.78 is 0. The highest BCUT2D eigenvalue weighted by atomic mass is 35.5. The van der Waals surface area contributed by atoms with Crippen LogP contribution in [0.3, 0.4) is 0 Å². The fraction of sp³-hybridized carbons (Fsp3) is 0.267.